The average molecular weight is 340 g/mol. The van der Waals surface area contributed by atoms with Crippen LogP contribution in [0.3, 0.4) is 0 Å². The SMILES string of the molecule is Cc1noc([C@H](Nc2snc(Cl)c2C#N)C2CCOCC2)n1. The van der Waals surface area contributed by atoms with Gasteiger partial charge in [0.2, 0.25) is 5.89 Å². The van der Waals surface area contributed by atoms with Gasteiger partial charge in [0.05, 0.1) is 0 Å². The fourth-order valence-electron chi connectivity index (χ4n) is 2.48. The highest BCUT2D eigenvalue weighted by Gasteiger charge is 2.31. The second kappa shape index (κ2) is 6.60. The van der Waals surface area contributed by atoms with Gasteiger partial charge in [0, 0.05) is 13.2 Å². The summed E-state index contributed by atoms with van der Waals surface area (Å²) >= 11 is 7.09. The van der Waals surface area contributed by atoms with Gasteiger partial charge in [-0.05, 0) is 37.2 Å². The number of aryl methyl sites for hydroxylation is 1. The van der Waals surface area contributed by atoms with Gasteiger partial charge in [-0.2, -0.15) is 14.6 Å². The first-order valence-corrected chi connectivity index (χ1v) is 8.04. The molecule has 0 unspecified atom stereocenters. The number of nitrogens with one attached hydrogen (secondary N) is 1. The van der Waals surface area contributed by atoms with Gasteiger partial charge in [-0.25, -0.2) is 0 Å². The molecule has 0 aromatic carbocycles. The van der Waals surface area contributed by atoms with Crippen LogP contribution in [0.1, 0.15) is 36.2 Å². The van der Waals surface area contributed by atoms with Crippen LogP contribution in [-0.2, 0) is 4.74 Å². The number of anilines is 1. The van der Waals surface area contributed by atoms with Crippen LogP contribution in [0.2, 0.25) is 5.15 Å². The molecule has 0 bridgehead atoms. The third-order valence-electron chi connectivity index (χ3n) is 3.60. The van der Waals surface area contributed by atoms with Crippen molar-refractivity contribution in [3.63, 3.8) is 0 Å². The van der Waals surface area contributed by atoms with E-state index in [-0.39, 0.29) is 17.1 Å². The van der Waals surface area contributed by atoms with E-state index in [1.54, 1.807) is 6.92 Å². The lowest BCUT2D eigenvalue weighted by Gasteiger charge is -2.28. The molecule has 1 N–H and O–H groups in total. The summed E-state index contributed by atoms with van der Waals surface area (Å²) in [7, 11) is 0. The quantitative estimate of drug-likeness (QED) is 0.914. The van der Waals surface area contributed by atoms with E-state index in [2.05, 4.69) is 25.9 Å². The molecule has 2 aromatic heterocycles. The molecule has 0 spiro atoms. The Morgan fingerprint density at radius 2 is 2.23 bits per heavy atom. The summed E-state index contributed by atoms with van der Waals surface area (Å²) in [5.41, 5.74) is 0.347. The Bertz CT molecular complexity index is 689. The van der Waals surface area contributed by atoms with Gasteiger partial charge in [0.25, 0.3) is 0 Å². The molecule has 1 fully saturated rings. The van der Waals surface area contributed by atoms with E-state index in [0.29, 0.717) is 35.5 Å². The van der Waals surface area contributed by atoms with E-state index in [1.165, 1.54) is 0 Å². The van der Waals surface area contributed by atoms with Gasteiger partial charge in [-0.3, -0.25) is 0 Å². The van der Waals surface area contributed by atoms with Crippen LogP contribution in [0.4, 0.5) is 5.00 Å². The van der Waals surface area contributed by atoms with Crippen molar-refractivity contribution in [1.29, 1.82) is 5.26 Å². The molecule has 1 saturated heterocycles. The van der Waals surface area contributed by atoms with Crippen molar-refractivity contribution in [2.24, 2.45) is 5.92 Å². The predicted molar refractivity (Wildman–Crippen MR) is 80.8 cm³/mol. The second-order valence-corrected chi connectivity index (χ2v) is 6.17. The molecule has 2 aromatic rings. The van der Waals surface area contributed by atoms with Crippen LogP contribution >= 0.6 is 23.1 Å². The smallest absolute Gasteiger partial charge is 0.249 e. The Kier molecular flexibility index (Phi) is 4.57. The number of nitriles is 1. The summed E-state index contributed by atoms with van der Waals surface area (Å²) < 4.78 is 14.8. The summed E-state index contributed by atoms with van der Waals surface area (Å²) in [6, 6.07) is 1.88. The molecule has 0 aliphatic carbocycles. The first kappa shape index (κ1) is 15.2. The van der Waals surface area contributed by atoms with Crippen LogP contribution in [0.25, 0.3) is 0 Å². The topological polar surface area (TPSA) is 96.9 Å². The zero-order chi connectivity index (χ0) is 15.5. The molecule has 1 atom stereocenters. The highest BCUT2D eigenvalue weighted by Crippen LogP contribution is 2.36. The van der Waals surface area contributed by atoms with E-state index >= 15 is 0 Å². The third-order valence-corrected chi connectivity index (χ3v) is 4.75. The minimum absolute atomic E-state index is 0.186. The van der Waals surface area contributed by atoms with Crippen LogP contribution < -0.4 is 5.32 Å². The first-order chi connectivity index (χ1) is 10.7. The monoisotopic (exact) mass is 339 g/mol. The number of halogens is 1. The number of rotatable bonds is 4. The van der Waals surface area contributed by atoms with Crippen LogP contribution in [-0.4, -0.2) is 27.7 Å². The summed E-state index contributed by atoms with van der Waals surface area (Å²) in [4.78, 5) is 4.33. The molecule has 1 aliphatic heterocycles. The van der Waals surface area contributed by atoms with Gasteiger partial charge < -0.3 is 14.6 Å². The van der Waals surface area contributed by atoms with Crippen molar-refractivity contribution >= 4 is 28.1 Å². The molecule has 9 heteroatoms. The molecule has 0 saturated carbocycles. The standard InChI is InChI=1S/C13H14ClN5O2S/c1-7-16-12(21-18-7)10(8-2-4-20-5-3-8)17-13-9(6-15)11(14)19-22-13/h8,10,17H,2-5H2,1H3/t10-/m1/s1. The minimum Gasteiger partial charge on any atom is -0.381 e. The molecule has 3 rings (SSSR count). The van der Waals surface area contributed by atoms with Gasteiger partial charge in [-0.1, -0.05) is 16.8 Å². The molecule has 0 amide bonds. The van der Waals surface area contributed by atoms with Crippen molar-refractivity contribution in [2.75, 3.05) is 18.5 Å². The Hall–Kier alpha value is -1.69. The van der Waals surface area contributed by atoms with E-state index in [9.17, 15) is 5.26 Å². The molecule has 116 valence electrons. The van der Waals surface area contributed by atoms with Gasteiger partial charge in [-0.15, -0.1) is 0 Å². The average Bonchev–Trinajstić information content (AvgIpc) is 3.11. The molecule has 1 aliphatic rings. The fraction of sp³-hybridized carbons (Fsp3) is 0.538. The highest BCUT2D eigenvalue weighted by molar-refractivity contribution is 7.10. The second-order valence-electron chi connectivity index (χ2n) is 5.04. The Balaban J connectivity index is 1.89. The summed E-state index contributed by atoms with van der Waals surface area (Å²) in [6.07, 6.45) is 1.76. The predicted octanol–water partition coefficient (Wildman–Crippen LogP) is 2.94. The highest BCUT2D eigenvalue weighted by atomic mass is 35.5. The van der Waals surface area contributed by atoms with E-state index < -0.39 is 0 Å². The van der Waals surface area contributed by atoms with Gasteiger partial charge in [0.1, 0.15) is 22.7 Å². The number of aromatic nitrogens is 3. The molecular formula is C13H14ClN5O2S. The molecular weight excluding hydrogens is 326 g/mol. The lowest BCUT2D eigenvalue weighted by molar-refractivity contribution is 0.0571. The lowest BCUT2D eigenvalue weighted by Crippen LogP contribution is -2.27. The molecule has 3 heterocycles. The Morgan fingerprint density at radius 1 is 1.45 bits per heavy atom. The number of hydrogen-bond donors (Lipinski definition) is 1. The normalized spacial score (nSPS) is 17.1. The zero-order valence-corrected chi connectivity index (χ0v) is 13.4. The van der Waals surface area contributed by atoms with Gasteiger partial charge in [0.15, 0.2) is 11.0 Å². The maximum absolute atomic E-state index is 9.21. The summed E-state index contributed by atoms with van der Waals surface area (Å²) in [5, 5.41) is 17.2. The van der Waals surface area contributed by atoms with E-state index in [0.717, 1.165) is 24.4 Å². The van der Waals surface area contributed by atoms with Crippen LogP contribution in [0.5, 0.6) is 0 Å². The van der Waals surface area contributed by atoms with Crippen molar-refractivity contribution in [3.05, 3.63) is 22.4 Å². The first-order valence-electron chi connectivity index (χ1n) is 6.88. The van der Waals surface area contributed by atoms with Gasteiger partial charge >= 0.3 is 0 Å². The zero-order valence-electron chi connectivity index (χ0n) is 11.9. The largest absolute Gasteiger partial charge is 0.381 e. The fourth-order valence-corrected chi connectivity index (χ4v) is 3.45. The van der Waals surface area contributed by atoms with Crippen LogP contribution in [0, 0.1) is 24.2 Å². The number of nitrogens with zero attached hydrogens (tertiary/aromatic N) is 4. The number of hydrogen-bond acceptors (Lipinski definition) is 8. The summed E-state index contributed by atoms with van der Waals surface area (Å²) in [6.45, 7) is 3.17. The maximum atomic E-state index is 9.21. The minimum atomic E-state index is -0.186. The third kappa shape index (κ3) is 3.06. The molecule has 0 radical (unpaired) electrons. The van der Waals surface area contributed by atoms with Crippen molar-refractivity contribution in [2.45, 2.75) is 25.8 Å². The van der Waals surface area contributed by atoms with Crippen molar-refractivity contribution in [1.82, 2.24) is 14.5 Å². The van der Waals surface area contributed by atoms with Crippen molar-refractivity contribution in [3.8, 4) is 6.07 Å². The number of ether oxygens (including phenoxy) is 1. The summed E-state index contributed by atoms with van der Waals surface area (Å²) in [5.74, 6) is 1.37. The van der Waals surface area contributed by atoms with E-state index in [1.807, 2.05) is 0 Å². The molecule has 7 nitrogen and oxygen atoms in total. The van der Waals surface area contributed by atoms with E-state index in [4.69, 9.17) is 20.9 Å². The molecule has 22 heavy (non-hydrogen) atoms. The van der Waals surface area contributed by atoms with Crippen molar-refractivity contribution < 1.29 is 9.26 Å². The van der Waals surface area contributed by atoms with Crippen LogP contribution in [0.15, 0.2) is 4.52 Å². The lowest BCUT2D eigenvalue weighted by atomic mass is 9.91. The maximum Gasteiger partial charge on any atom is 0.249 e. The Morgan fingerprint density at radius 3 is 2.86 bits per heavy atom. The Labute approximate surface area is 136 Å².